The SMILES string of the molecule is C=CCCC(NC(=O)OCc1ccccc1)C1CC1. The van der Waals surface area contributed by atoms with Crippen LogP contribution < -0.4 is 5.32 Å². The minimum absolute atomic E-state index is 0.237. The molecule has 0 aromatic heterocycles. The van der Waals surface area contributed by atoms with E-state index in [1.165, 1.54) is 12.8 Å². The molecule has 1 saturated carbocycles. The number of rotatable bonds is 7. The number of amides is 1. The molecule has 0 radical (unpaired) electrons. The number of carbonyl (C=O) groups is 1. The van der Waals surface area contributed by atoms with Crippen LogP contribution >= 0.6 is 0 Å². The first kappa shape index (κ1) is 13.7. The van der Waals surface area contributed by atoms with Crippen LogP contribution in [0.4, 0.5) is 4.79 Å². The highest BCUT2D eigenvalue weighted by atomic mass is 16.5. The molecule has 1 aliphatic rings. The molecular weight excluding hydrogens is 238 g/mol. The van der Waals surface area contributed by atoms with E-state index in [-0.39, 0.29) is 12.1 Å². The van der Waals surface area contributed by atoms with Gasteiger partial charge in [-0.15, -0.1) is 6.58 Å². The topological polar surface area (TPSA) is 38.3 Å². The molecule has 2 rings (SSSR count). The molecule has 0 spiro atoms. The molecule has 1 aromatic rings. The minimum atomic E-state index is -0.315. The van der Waals surface area contributed by atoms with Crippen molar-refractivity contribution in [3.63, 3.8) is 0 Å². The van der Waals surface area contributed by atoms with Crippen LogP contribution in [0.1, 0.15) is 31.2 Å². The number of allylic oxidation sites excluding steroid dienone is 1. The van der Waals surface area contributed by atoms with Gasteiger partial charge in [0.05, 0.1) is 0 Å². The van der Waals surface area contributed by atoms with Gasteiger partial charge in [-0.3, -0.25) is 0 Å². The Morgan fingerprint density at radius 2 is 2.16 bits per heavy atom. The first-order chi connectivity index (χ1) is 9.29. The number of carbonyl (C=O) groups excluding carboxylic acids is 1. The summed E-state index contributed by atoms with van der Waals surface area (Å²) >= 11 is 0. The number of nitrogens with one attached hydrogen (secondary N) is 1. The summed E-state index contributed by atoms with van der Waals surface area (Å²) in [6, 6.07) is 9.96. The van der Waals surface area contributed by atoms with E-state index in [9.17, 15) is 4.79 Å². The third-order valence-electron chi connectivity index (χ3n) is 3.39. The maximum absolute atomic E-state index is 11.8. The summed E-state index contributed by atoms with van der Waals surface area (Å²) in [5.41, 5.74) is 1.01. The second-order valence-electron chi connectivity index (χ2n) is 5.02. The molecule has 102 valence electrons. The van der Waals surface area contributed by atoms with Crippen molar-refractivity contribution in [2.24, 2.45) is 5.92 Å². The van der Waals surface area contributed by atoms with Crippen molar-refractivity contribution in [3.8, 4) is 0 Å². The molecule has 1 aliphatic carbocycles. The monoisotopic (exact) mass is 259 g/mol. The molecule has 0 heterocycles. The van der Waals surface area contributed by atoms with Crippen molar-refractivity contribution in [1.29, 1.82) is 0 Å². The molecule has 19 heavy (non-hydrogen) atoms. The van der Waals surface area contributed by atoms with Gasteiger partial charge in [-0.05, 0) is 37.2 Å². The van der Waals surface area contributed by atoms with E-state index >= 15 is 0 Å². The number of hydrogen-bond acceptors (Lipinski definition) is 2. The summed E-state index contributed by atoms with van der Waals surface area (Å²) in [5.74, 6) is 0.629. The van der Waals surface area contributed by atoms with Gasteiger partial charge in [0.25, 0.3) is 0 Å². The van der Waals surface area contributed by atoms with Gasteiger partial charge in [0, 0.05) is 6.04 Å². The molecule has 1 aromatic carbocycles. The van der Waals surface area contributed by atoms with Crippen LogP contribution in [0, 0.1) is 5.92 Å². The smallest absolute Gasteiger partial charge is 0.407 e. The number of alkyl carbamates (subject to hydrolysis) is 1. The van der Waals surface area contributed by atoms with Crippen LogP contribution in [0.25, 0.3) is 0 Å². The van der Waals surface area contributed by atoms with Gasteiger partial charge < -0.3 is 10.1 Å². The lowest BCUT2D eigenvalue weighted by Crippen LogP contribution is -2.36. The Balaban J connectivity index is 1.74. The normalized spacial score (nSPS) is 15.6. The lowest BCUT2D eigenvalue weighted by atomic mass is 10.1. The zero-order chi connectivity index (χ0) is 13.5. The molecular formula is C16H21NO2. The van der Waals surface area contributed by atoms with Crippen LogP contribution in [0.3, 0.4) is 0 Å². The Kier molecular flexibility index (Phi) is 5.01. The van der Waals surface area contributed by atoms with E-state index in [4.69, 9.17) is 4.74 Å². The summed E-state index contributed by atoms with van der Waals surface area (Å²) in [6.45, 7) is 4.05. The van der Waals surface area contributed by atoms with Crippen LogP contribution in [0.5, 0.6) is 0 Å². The van der Waals surface area contributed by atoms with Crippen molar-refractivity contribution in [3.05, 3.63) is 48.6 Å². The average Bonchev–Trinajstić information content (AvgIpc) is 3.27. The maximum atomic E-state index is 11.8. The highest BCUT2D eigenvalue weighted by Gasteiger charge is 2.31. The lowest BCUT2D eigenvalue weighted by Gasteiger charge is -2.17. The average molecular weight is 259 g/mol. The second kappa shape index (κ2) is 6.98. The fourth-order valence-electron chi connectivity index (χ4n) is 2.14. The van der Waals surface area contributed by atoms with Crippen molar-refractivity contribution >= 4 is 6.09 Å². The molecule has 1 N–H and O–H groups in total. The highest BCUT2D eigenvalue weighted by Crippen LogP contribution is 2.34. The molecule has 1 atom stereocenters. The van der Waals surface area contributed by atoms with Crippen molar-refractivity contribution in [1.82, 2.24) is 5.32 Å². The maximum Gasteiger partial charge on any atom is 0.407 e. The molecule has 0 aliphatic heterocycles. The van der Waals surface area contributed by atoms with Gasteiger partial charge in [-0.2, -0.15) is 0 Å². The number of benzene rings is 1. The molecule has 0 saturated heterocycles. The van der Waals surface area contributed by atoms with Crippen LogP contribution in [0.15, 0.2) is 43.0 Å². The molecule has 3 heteroatoms. The Morgan fingerprint density at radius 1 is 1.42 bits per heavy atom. The van der Waals surface area contributed by atoms with Gasteiger partial charge >= 0.3 is 6.09 Å². The Morgan fingerprint density at radius 3 is 2.79 bits per heavy atom. The quantitative estimate of drug-likeness (QED) is 0.759. The standard InChI is InChI=1S/C16H21NO2/c1-2-3-9-15(14-10-11-14)17-16(18)19-12-13-7-5-4-6-8-13/h2,4-8,14-15H,1,3,9-12H2,(H,17,18). The summed E-state index contributed by atoms with van der Waals surface area (Å²) in [5, 5.41) is 2.98. The largest absolute Gasteiger partial charge is 0.445 e. The minimum Gasteiger partial charge on any atom is -0.445 e. The summed E-state index contributed by atoms with van der Waals surface area (Å²) < 4.78 is 5.24. The highest BCUT2D eigenvalue weighted by molar-refractivity contribution is 5.67. The predicted molar refractivity (Wildman–Crippen MR) is 75.7 cm³/mol. The van der Waals surface area contributed by atoms with Crippen LogP contribution in [-0.4, -0.2) is 12.1 Å². The van der Waals surface area contributed by atoms with E-state index in [2.05, 4.69) is 11.9 Å². The molecule has 1 unspecified atom stereocenters. The van der Waals surface area contributed by atoms with Gasteiger partial charge in [-0.1, -0.05) is 36.4 Å². The summed E-state index contributed by atoms with van der Waals surface area (Å²) in [6.07, 6.45) is 5.88. The lowest BCUT2D eigenvalue weighted by molar-refractivity contribution is 0.134. The van der Waals surface area contributed by atoms with Gasteiger partial charge in [0.15, 0.2) is 0 Å². The van der Waals surface area contributed by atoms with E-state index in [1.807, 2.05) is 36.4 Å². The molecule has 1 amide bonds. The Bertz CT molecular complexity index is 412. The predicted octanol–water partition coefficient (Wildman–Crippen LogP) is 3.66. The first-order valence-electron chi connectivity index (χ1n) is 6.87. The zero-order valence-corrected chi connectivity index (χ0v) is 11.2. The number of ether oxygens (including phenoxy) is 1. The molecule has 3 nitrogen and oxygen atoms in total. The Hall–Kier alpha value is -1.77. The van der Waals surface area contributed by atoms with Gasteiger partial charge in [-0.25, -0.2) is 4.79 Å². The fraction of sp³-hybridized carbons (Fsp3) is 0.438. The van der Waals surface area contributed by atoms with E-state index in [0.717, 1.165) is 18.4 Å². The van der Waals surface area contributed by atoms with Crippen molar-refractivity contribution < 1.29 is 9.53 Å². The van der Waals surface area contributed by atoms with Crippen LogP contribution in [-0.2, 0) is 11.3 Å². The van der Waals surface area contributed by atoms with Gasteiger partial charge in [0.1, 0.15) is 6.61 Å². The summed E-state index contributed by atoms with van der Waals surface area (Å²) in [4.78, 5) is 11.8. The van der Waals surface area contributed by atoms with Crippen molar-refractivity contribution in [2.75, 3.05) is 0 Å². The molecule has 1 fully saturated rings. The van der Waals surface area contributed by atoms with Crippen molar-refractivity contribution in [2.45, 2.75) is 38.3 Å². The van der Waals surface area contributed by atoms with E-state index < -0.39 is 0 Å². The third kappa shape index (κ3) is 4.78. The van der Waals surface area contributed by atoms with Crippen LogP contribution in [0.2, 0.25) is 0 Å². The summed E-state index contributed by atoms with van der Waals surface area (Å²) in [7, 11) is 0. The number of hydrogen-bond donors (Lipinski definition) is 1. The molecule has 0 bridgehead atoms. The second-order valence-corrected chi connectivity index (χ2v) is 5.02. The first-order valence-corrected chi connectivity index (χ1v) is 6.87. The third-order valence-corrected chi connectivity index (χ3v) is 3.39. The fourth-order valence-corrected chi connectivity index (χ4v) is 2.14. The van der Waals surface area contributed by atoms with Gasteiger partial charge in [0.2, 0.25) is 0 Å². The zero-order valence-electron chi connectivity index (χ0n) is 11.2. The van der Waals surface area contributed by atoms with E-state index in [0.29, 0.717) is 12.5 Å². The van der Waals surface area contributed by atoms with E-state index in [1.54, 1.807) is 0 Å². The Labute approximate surface area is 114 Å².